The highest BCUT2D eigenvalue weighted by molar-refractivity contribution is 6.11. The Bertz CT molecular complexity index is 621. The average molecular weight is 263 g/mol. The summed E-state index contributed by atoms with van der Waals surface area (Å²) < 4.78 is 0. The lowest BCUT2D eigenvalue weighted by Crippen LogP contribution is -1.92. The van der Waals surface area contributed by atoms with Gasteiger partial charge in [-0.3, -0.25) is 4.99 Å². The molecule has 0 aliphatic heterocycles. The van der Waals surface area contributed by atoms with E-state index in [4.69, 9.17) is 0 Å². The zero-order valence-corrected chi connectivity index (χ0v) is 12.4. The van der Waals surface area contributed by atoms with E-state index in [1.165, 1.54) is 16.7 Å². The van der Waals surface area contributed by atoms with Crippen molar-refractivity contribution in [2.45, 2.75) is 27.2 Å². The van der Waals surface area contributed by atoms with E-state index in [-0.39, 0.29) is 0 Å². The first-order chi connectivity index (χ1) is 9.74. The third-order valence-electron chi connectivity index (χ3n) is 3.43. The summed E-state index contributed by atoms with van der Waals surface area (Å²) in [5, 5.41) is 0. The molecule has 0 bridgehead atoms. The molecule has 0 N–H and O–H groups in total. The van der Waals surface area contributed by atoms with Gasteiger partial charge in [0.05, 0.1) is 5.69 Å². The van der Waals surface area contributed by atoms with Gasteiger partial charge in [0.1, 0.15) is 0 Å². The smallest absolute Gasteiger partial charge is 0.0629 e. The van der Waals surface area contributed by atoms with Crippen molar-refractivity contribution in [2.75, 3.05) is 0 Å². The summed E-state index contributed by atoms with van der Waals surface area (Å²) in [4.78, 5) is 4.54. The molecule has 1 heteroatoms. The number of aryl methyl sites for hydroxylation is 2. The minimum absolute atomic E-state index is 0.981. The van der Waals surface area contributed by atoms with Crippen molar-refractivity contribution < 1.29 is 0 Å². The molecule has 1 nitrogen and oxygen atoms in total. The molecule has 0 unspecified atom stereocenters. The van der Waals surface area contributed by atoms with Crippen molar-refractivity contribution in [1.29, 1.82) is 0 Å². The van der Waals surface area contributed by atoms with Crippen LogP contribution in [0.3, 0.4) is 0 Å². The molecule has 0 fully saturated rings. The predicted octanol–water partition coefficient (Wildman–Crippen LogP) is 5.36. The van der Waals surface area contributed by atoms with Crippen molar-refractivity contribution in [2.24, 2.45) is 4.99 Å². The maximum atomic E-state index is 4.54. The van der Waals surface area contributed by atoms with Crippen molar-refractivity contribution in [3.63, 3.8) is 0 Å². The van der Waals surface area contributed by atoms with Crippen LogP contribution in [0.15, 0.2) is 59.6 Å². The molecule has 0 spiro atoms. The zero-order chi connectivity index (χ0) is 14.4. The Morgan fingerprint density at radius 1 is 1.10 bits per heavy atom. The topological polar surface area (TPSA) is 12.4 Å². The summed E-state index contributed by atoms with van der Waals surface area (Å²) in [6, 6.07) is 16.7. The summed E-state index contributed by atoms with van der Waals surface area (Å²) in [5.74, 6) is 0. The van der Waals surface area contributed by atoms with Crippen molar-refractivity contribution in [1.82, 2.24) is 0 Å². The summed E-state index contributed by atoms with van der Waals surface area (Å²) >= 11 is 0. The van der Waals surface area contributed by atoms with Gasteiger partial charge in [-0.2, -0.15) is 0 Å². The molecule has 0 aliphatic rings. The lowest BCUT2D eigenvalue weighted by molar-refractivity contribution is 1.13. The Labute approximate surface area is 121 Å². The maximum absolute atomic E-state index is 4.54. The van der Waals surface area contributed by atoms with Crippen LogP contribution in [0.25, 0.3) is 5.57 Å². The van der Waals surface area contributed by atoms with E-state index >= 15 is 0 Å². The van der Waals surface area contributed by atoms with Gasteiger partial charge in [-0.25, -0.2) is 0 Å². The van der Waals surface area contributed by atoms with E-state index < -0.39 is 0 Å². The molecule has 0 aliphatic carbocycles. The third kappa shape index (κ3) is 3.45. The van der Waals surface area contributed by atoms with Crippen LogP contribution in [0.2, 0.25) is 0 Å². The molecule has 2 rings (SSSR count). The number of hydrogen-bond donors (Lipinski definition) is 0. The minimum atomic E-state index is 0.981. The maximum Gasteiger partial charge on any atom is 0.0629 e. The zero-order valence-electron chi connectivity index (χ0n) is 12.4. The first-order valence-corrected chi connectivity index (χ1v) is 7.10. The lowest BCUT2D eigenvalue weighted by Gasteiger charge is -2.08. The molecule has 102 valence electrons. The first kappa shape index (κ1) is 14.3. The average Bonchev–Trinajstić information content (AvgIpc) is 2.50. The Hall–Kier alpha value is -2.15. The lowest BCUT2D eigenvalue weighted by atomic mass is 9.98. The Balaban J connectivity index is 2.28. The van der Waals surface area contributed by atoms with Gasteiger partial charge in [0, 0.05) is 6.21 Å². The standard InChI is InChI=1S/C19H21N/c1-4-16-11-12-19(15(3)13-16)17(5-2)14-20-18-9-7-6-8-10-18/h5-14H,4H2,1-3H3/b17-5+,20-14?. The van der Waals surface area contributed by atoms with Gasteiger partial charge in [-0.1, -0.05) is 49.4 Å². The molecule has 0 heterocycles. The number of benzene rings is 2. The molecular weight excluding hydrogens is 242 g/mol. The van der Waals surface area contributed by atoms with Gasteiger partial charge >= 0.3 is 0 Å². The summed E-state index contributed by atoms with van der Waals surface area (Å²) in [6.07, 6.45) is 5.13. The van der Waals surface area contributed by atoms with Crippen molar-refractivity contribution in [3.05, 3.63) is 71.3 Å². The second-order valence-electron chi connectivity index (χ2n) is 4.84. The van der Waals surface area contributed by atoms with Gasteiger partial charge in [0.25, 0.3) is 0 Å². The third-order valence-corrected chi connectivity index (χ3v) is 3.43. The predicted molar refractivity (Wildman–Crippen MR) is 88.8 cm³/mol. The fourth-order valence-corrected chi connectivity index (χ4v) is 2.23. The van der Waals surface area contributed by atoms with Crippen LogP contribution < -0.4 is 0 Å². The number of aliphatic imine (C=N–C) groups is 1. The number of rotatable bonds is 4. The fraction of sp³-hybridized carbons (Fsp3) is 0.211. The highest BCUT2D eigenvalue weighted by Gasteiger charge is 2.03. The summed E-state index contributed by atoms with van der Waals surface area (Å²) in [5.41, 5.74) is 6.08. The molecule has 2 aromatic carbocycles. The number of nitrogens with zero attached hydrogens (tertiary/aromatic N) is 1. The second kappa shape index (κ2) is 6.85. The van der Waals surface area contributed by atoms with E-state index in [0.29, 0.717) is 0 Å². The first-order valence-electron chi connectivity index (χ1n) is 7.10. The van der Waals surface area contributed by atoms with Crippen LogP contribution in [0.5, 0.6) is 0 Å². The van der Waals surface area contributed by atoms with Crippen LogP contribution in [0.4, 0.5) is 5.69 Å². The molecule has 0 atom stereocenters. The van der Waals surface area contributed by atoms with Crippen LogP contribution in [-0.2, 0) is 6.42 Å². The highest BCUT2D eigenvalue weighted by atomic mass is 14.7. The van der Waals surface area contributed by atoms with Crippen molar-refractivity contribution in [3.8, 4) is 0 Å². The quantitative estimate of drug-likeness (QED) is 0.658. The Morgan fingerprint density at radius 2 is 1.85 bits per heavy atom. The molecule has 0 radical (unpaired) electrons. The minimum Gasteiger partial charge on any atom is -0.256 e. The van der Waals surface area contributed by atoms with Crippen LogP contribution in [-0.4, -0.2) is 6.21 Å². The monoisotopic (exact) mass is 263 g/mol. The second-order valence-corrected chi connectivity index (χ2v) is 4.84. The Morgan fingerprint density at radius 3 is 2.45 bits per heavy atom. The van der Waals surface area contributed by atoms with E-state index in [1.54, 1.807) is 0 Å². The molecule has 0 aromatic heterocycles. The largest absolute Gasteiger partial charge is 0.256 e. The fourth-order valence-electron chi connectivity index (χ4n) is 2.23. The molecule has 0 amide bonds. The van der Waals surface area contributed by atoms with E-state index in [0.717, 1.165) is 17.7 Å². The molecule has 0 saturated carbocycles. The molecule has 2 aromatic rings. The normalized spacial score (nSPS) is 12.1. The van der Waals surface area contributed by atoms with Gasteiger partial charge in [0.15, 0.2) is 0 Å². The van der Waals surface area contributed by atoms with Crippen LogP contribution >= 0.6 is 0 Å². The van der Waals surface area contributed by atoms with E-state index in [2.05, 4.69) is 50.0 Å². The van der Waals surface area contributed by atoms with Crippen LogP contribution in [0.1, 0.15) is 30.5 Å². The van der Waals surface area contributed by atoms with Gasteiger partial charge in [0.2, 0.25) is 0 Å². The number of para-hydroxylation sites is 1. The summed E-state index contributed by atoms with van der Waals surface area (Å²) in [6.45, 7) is 6.40. The van der Waals surface area contributed by atoms with Gasteiger partial charge in [-0.05, 0) is 54.7 Å². The van der Waals surface area contributed by atoms with E-state index in [9.17, 15) is 0 Å². The van der Waals surface area contributed by atoms with Crippen molar-refractivity contribution >= 4 is 17.5 Å². The number of hydrogen-bond acceptors (Lipinski definition) is 1. The SMILES string of the molecule is C/C=C(\C=Nc1ccccc1)c1ccc(CC)cc1C. The Kier molecular flexibility index (Phi) is 4.89. The van der Waals surface area contributed by atoms with Gasteiger partial charge < -0.3 is 0 Å². The molecule has 0 saturated heterocycles. The van der Waals surface area contributed by atoms with E-state index in [1.807, 2.05) is 36.5 Å². The van der Waals surface area contributed by atoms with Gasteiger partial charge in [-0.15, -0.1) is 0 Å². The number of allylic oxidation sites excluding steroid dienone is 2. The summed E-state index contributed by atoms with van der Waals surface area (Å²) in [7, 11) is 0. The molecule has 20 heavy (non-hydrogen) atoms. The van der Waals surface area contributed by atoms with Crippen LogP contribution in [0, 0.1) is 6.92 Å². The molecular formula is C19H21N. The highest BCUT2D eigenvalue weighted by Crippen LogP contribution is 2.20.